The van der Waals surface area contributed by atoms with E-state index in [1.54, 1.807) is 0 Å². The fraction of sp³-hybridized carbons (Fsp3) is 0.0833. The van der Waals surface area contributed by atoms with Crippen LogP contribution in [-0.2, 0) is 6.54 Å². The zero-order valence-corrected chi connectivity index (χ0v) is 9.47. The van der Waals surface area contributed by atoms with Crippen molar-refractivity contribution >= 4 is 11.0 Å². The Labute approximate surface area is 102 Å². The minimum Gasteiger partial charge on any atom is -0.325 e. The molecule has 6 nitrogen and oxygen atoms in total. The van der Waals surface area contributed by atoms with Crippen LogP contribution in [0.4, 0.5) is 0 Å². The normalized spacial score (nSPS) is 10.9. The third-order valence-electron chi connectivity index (χ3n) is 2.74. The second kappa shape index (κ2) is 4.08. The SMILES string of the molecule is NCc1cc(-c2ccc3[nH]c(=O)[nH]c3c2)ncn1. The minimum atomic E-state index is -0.215. The molecule has 1 aromatic carbocycles. The first-order valence-corrected chi connectivity index (χ1v) is 5.49. The summed E-state index contributed by atoms with van der Waals surface area (Å²) in [6.45, 7) is 0.374. The van der Waals surface area contributed by atoms with Gasteiger partial charge in [0.05, 0.1) is 22.4 Å². The average molecular weight is 241 g/mol. The summed E-state index contributed by atoms with van der Waals surface area (Å²) < 4.78 is 0. The molecule has 0 bridgehead atoms. The molecule has 0 atom stereocenters. The predicted octanol–water partition coefficient (Wildman–Crippen LogP) is 0.772. The maximum atomic E-state index is 11.2. The van der Waals surface area contributed by atoms with Gasteiger partial charge in [-0.15, -0.1) is 0 Å². The predicted molar refractivity (Wildman–Crippen MR) is 67.8 cm³/mol. The Hall–Kier alpha value is -2.47. The van der Waals surface area contributed by atoms with Crippen molar-refractivity contribution in [1.82, 2.24) is 19.9 Å². The number of hydrogen-bond donors (Lipinski definition) is 3. The summed E-state index contributed by atoms with van der Waals surface area (Å²) in [6, 6.07) is 7.45. The molecule has 6 heteroatoms. The van der Waals surface area contributed by atoms with Crippen LogP contribution in [0.2, 0.25) is 0 Å². The van der Waals surface area contributed by atoms with E-state index in [1.165, 1.54) is 6.33 Å². The van der Waals surface area contributed by atoms with E-state index in [-0.39, 0.29) is 5.69 Å². The molecule has 2 aromatic heterocycles. The molecular weight excluding hydrogens is 230 g/mol. The first kappa shape index (κ1) is 10.7. The second-order valence-corrected chi connectivity index (χ2v) is 3.94. The average Bonchev–Trinajstić information content (AvgIpc) is 2.77. The molecule has 0 aliphatic rings. The number of aromatic nitrogens is 4. The number of H-pyrrole nitrogens is 2. The molecule has 90 valence electrons. The number of hydrogen-bond acceptors (Lipinski definition) is 4. The minimum absolute atomic E-state index is 0.215. The van der Waals surface area contributed by atoms with E-state index in [0.29, 0.717) is 6.54 Å². The molecule has 4 N–H and O–H groups in total. The lowest BCUT2D eigenvalue weighted by atomic mass is 10.1. The van der Waals surface area contributed by atoms with Crippen molar-refractivity contribution < 1.29 is 0 Å². The van der Waals surface area contributed by atoms with Crippen LogP contribution < -0.4 is 11.4 Å². The summed E-state index contributed by atoms with van der Waals surface area (Å²) in [4.78, 5) is 24.8. The second-order valence-electron chi connectivity index (χ2n) is 3.94. The number of aromatic amines is 2. The Morgan fingerprint density at radius 2 is 1.94 bits per heavy atom. The molecule has 0 fully saturated rings. The summed E-state index contributed by atoms with van der Waals surface area (Å²) in [5.74, 6) is 0. The third-order valence-corrected chi connectivity index (χ3v) is 2.74. The Kier molecular flexibility index (Phi) is 2.42. The molecule has 3 aromatic rings. The summed E-state index contributed by atoms with van der Waals surface area (Å²) in [5.41, 5.74) is 9.34. The van der Waals surface area contributed by atoms with Gasteiger partial charge in [0.25, 0.3) is 0 Å². The zero-order chi connectivity index (χ0) is 12.5. The number of fused-ring (bicyclic) bond motifs is 1. The van der Waals surface area contributed by atoms with Crippen molar-refractivity contribution in [2.45, 2.75) is 6.54 Å². The summed E-state index contributed by atoms with van der Waals surface area (Å²) in [7, 11) is 0. The van der Waals surface area contributed by atoms with Crippen molar-refractivity contribution in [2.75, 3.05) is 0 Å². The lowest BCUT2D eigenvalue weighted by Crippen LogP contribution is -2.00. The molecule has 18 heavy (non-hydrogen) atoms. The standard InChI is InChI=1S/C12H11N5O/c13-5-8-4-10(15-6-14-8)7-1-2-9-11(3-7)17-12(18)16-9/h1-4,6H,5,13H2,(H2,16,17,18). The van der Waals surface area contributed by atoms with Crippen LogP contribution in [-0.4, -0.2) is 19.9 Å². The van der Waals surface area contributed by atoms with Gasteiger partial charge in [0.1, 0.15) is 6.33 Å². The van der Waals surface area contributed by atoms with Gasteiger partial charge in [-0.3, -0.25) is 0 Å². The van der Waals surface area contributed by atoms with Crippen molar-refractivity contribution in [3.05, 3.63) is 46.8 Å². The van der Waals surface area contributed by atoms with Gasteiger partial charge in [0, 0.05) is 12.1 Å². The summed E-state index contributed by atoms with van der Waals surface area (Å²) >= 11 is 0. The molecule has 2 heterocycles. The van der Waals surface area contributed by atoms with Gasteiger partial charge in [-0.1, -0.05) is 6.07 Å². The van der Waals surface area contributed by atoms with Crippen LogP contribution in [0, 0.1) is 0 Å². The van der Waals surface area contributed by atoms with Crippen LogP contribution in [0.25, 0.3) is 22.3 Å². The number of rotatable bonds is 2. The monoisotopic (exact) mass is 241 g/mol. The first-order chi connectivity index (χ1) is 8.76. The van der Waals surface area contributed by atoms with Crippen LogP contribution in [0.3, 0.4) is 0 Å². The highest BCUT2D eigenvalue weighted by Crippen LogP contribution is 2.20. The van der Waals surface area contributed by atoms with Gasteiger partial charge in [-0.2, -0.15) is 0 Å². The van der Waals surface area contributed by atoms with Gasteiger partial charge in [-0.05, 0) is 18.2 Å². The van der Waals surface area contributed by atoms with Gasteiger partial charge in [-0.25, -0.2) is 14.8 Å². The number of nitrogens with one attached hydrogen (secondary N) is 2. The van der Waals surface area contributed by atoms with Gasteiger partial charge in [0.2, 0.25) is 0 Å². The molecular formula is C12H11N5O. The Balaban J connectivity index is 2.15. The Morgan fingerprint density at radius 3 is 2.78 bits per heavy atom. The molecule has 3 rings (SSSR count). The topological polar surface area (TPSA) is 100 Å². The van der Waals surface area contributed by atoms with E-state index in [0.717, 1.165) is 28.0 Å². The molecule has 0 spiro atoms. The quantitative estimate of drug-likeness (QED) is 0.617. The van der Waals surface area contributed by atoms with E-state index in [1.807, 2.05) is 24.3 Å². The highest BCUT2D eigenvalue weighted by molar-refractivity contribution is 5.80. The number of imidazole rings is 1. The number of nitrogens with two attached hydrogens (primary N) is 1. The zero-order valence-electron chi connectivity index (χ0n) is 9.47. The van der Waals surface area contributed by atoms with Crippen molar-refractivity contribution in [2.24, 2.45) is 5.73 Å². The van der Waals surface area contributed by atoms with Crippen LogP contribution in [0.15, 0.2) is 35.4 Å². The van der Waals surface area contributed by atoms with Gasteiger partial charge >= 0.3 is 5.69 Å². The fourth-order valence-corrected chi connectivity index (χ4v) is 1.86. The molecule has 0 unspecified atom stereocenters. The third kappa shape index (κ3) is 1.78. The highest BCUT2D eigenvalue weighted by Gasteiger charge is 2.04. The maximum Gasteiger partial charge on any atom is 0.323 e. The van der Waals surface area contributed by atoms with Gasteiger partial charge < -0.3 is 15.7 Å². The molecule has 0 aliphatic carbocycles. The van der Waals surface area contributed by atoms with Crippen LogP contribution in [0.5, 0.6) is 0 Å². The van der Waals surface area contributed by atoms with Crippen molar-refractivity contribution in [1.29, 1.82) is 0 Å². The molecule has 0 aliphatic heterocycles. The Morgan fingerprint density at radius 1 is 1.11 bits per heavy atom. The molecule has 0 radical (unpaired) electrons. The van der Waals surface area contributed by atoms with Crippen molar-refractivity contribution in [3.8, 4) is 11.3 Å². The van der Waals surface area contributed by atoms with Crippen molar-refractivity contribution in [3.63, 3.8) is 0 Å². The Bertz CT molecular complexity index is 758. The molecule has 0 saturated carbocycles. The smallest absolute Gasteiger partial charge is 0.323 e. The van der Waals surface area contributed by atoms with E-state index >= 15 is 0 Å². The molecule has 0 saturated heterocycles. The highest BCUT2D eigenvalue weighted by atomic mass is 16.1. The van der Waals surface area contributed by atoms with E-state index in [4.69, 9.17) is 5.73 Å². The number of nitrogens with zero attached hydrogens (tertiary/aromatic N) is 2. The summed E-state index contributed by atoms with van der Waals surface area (Å²) in [5, 5.41) is 0. The lowest BCUT2D eigenvalue weighted by molar-refractivity contribution is 0.966. The van der Waals surface area contributed by atoms with E-state index < -0.39 is 0 Å². The fourth-order valence-electron chi connectivity index (χ4n) is 1.86. The largest absolute Gasteiger partial charge is 0.325 e. The first-order valence-electron chi connectivity index (χ1n) is 5.49. The lowest BCUT2D eigenvalue weighted by Gasteiger charge is -2.02. The van der Waals surface area contributed by atoms with Crippen LogP contribution in [0.1, 0.15) is 5.69 Å². The maximum absolute atomic E-state index is 11.2. The van der Waals surface area contributed by atoms with E-state index in [2.05, 4.69) is 19.9 Å². The van der Waals surface area contributed by atoms with Gasteiger partial charge in [0.15, 0.2) is 0 Å². The summed E-state index contributed by atoms with van der Waals surface area (Å²) in [6.07, 6.45) is 1.49. The van der Waals surface area contributed by atoms with Crippen LogP contribution >= 0.6 is 0 Å². The number of benzene rings is 1. The van der Waals surface area contributed by atoms with E-state index in [9.17, 15) is 4.79 Å². The molecule has 0 amide bonds.